The van der Waals surface area contributed by atoms with Crippen molar-refractivity contribution in [2.75, 3.05) is 45.7 Å². The predicted octanol–water partition coefficient (Wildman–Crippen LogP) is 13.9. The molecule has 0 amide bonds. The van der Waals surface area contributed by atoms with Gasteiger partial charge >= 0.3 is 0 Å². The number of benzene rings is 2. The number of nitrogens with zero attached hydrogens (tertiary/aromatic N) is 4. The largest absolute Gasteiger partial charge is 0.380 e. The molecule has 1 aliphatic rings. The minimum Gasteiger partial charge on any atom is -0.380 e. The molecular weight excluding hydrogens is 873 g/mol. The van der Waals surface area contributed by atoms with Gasteiger partial charge in [-0.1, -0.05) is 126 Å². The number of nitrogens with one attached hydrogen (secondary N) is 2. The monoisotopic (exact) mass is 965 g/mol. The summed E-state index contributed by atoms with van der Waals surface area (Å²) in [6.07, 6.45) is 16.3. The van der Waals surface area contributed by atoms with Gasteiger partial charge in [-0.3, -0.25) is 9.88 Å². The average molecular weight is 966 g/mol. The molecule has 0 aliphatic carbocycles. The Balaban J connectivity index is 1.62. The first kappa shape index (κ1) is 56.2. The number of aryl methyl sites for hydroxylation is 2. The number of hydrogen-bond donors (Lipinski definition) is 2. The van der Waals surface area contributed by atoms with Crippen LogP contribution in [0.2, 0.25) is 0 Å². The molecule has 3 unspecified atom stereocenters. The molecule has 1 aliphatic heterocycles. The van der Waals surface area contributed by atoms with Crippen LogP contribution in [0.15, 0.2) is 98.5 Å². The third-order valence-corrected chi connectivity index (χ3v) is 17.2. The molecule has 2 aromatic carbocycles. The summed E-state index contributed by atoms with van der Waals surface area (Å²) in [5, 5.41) is 8.53. The van der Waals surface area contributed by atoms with Gasteiger partial charge in [0.25, 0.3) is 0 Å². The Labute approximate surface area is 427 Å². The van der Waals surface area contributed by atoms with Crippen LogP contribution < -0.4 is 10.6 Å². The molecule has 1 fully saturated rings. The Morgan fingerprint density at radius 1 is 1.00 bits per heavy atom. The Morgan fingerprint density at radius 2 is 1.73 bits per heavy atom. The Morgan fingerprint density at radius 3 is 2.37 bits per heavy atom. The Bertz CT molecular complexity index is 2600. The highest BCUT2D eigenvalue weighted by atomic mass is 32.2. The van der Waals surface area contributed by atoms with Crippen LogP contribution in [0.4, 0.5) is 0 Å². The summed E-state index contributed by atoms with van der Waals surface area (Å²) in [6, 6.07) is 17.4. The molecule has 0 spiro atoms. The van der Waals surface area contributed by atoms with Crippen molar-refractivity contribution in [2.45, 2.75) is 150 Å². The molecule has 380 valence electrons. The summed E-state index contributed by atoms with van der Waals surface area (Å²) in [5.74, 6) is 18.9. The molecule has 1 saturated heterocycles. The standard InChI is InChI=1S/C63H92N6S/c1-18-22-32-63(11,12)43-57-55-42-52(53-38-46(7)37-51(39-53)41-58(48(9)26-23-24-33-64-13)66-49(10)61(45(5)6)67(14)20-3)28-29-59(55)69(21-4)62(57)56-40-50(44-65-60(56)47(8)19-2)27-25-34-68(15)54-30-35-70(16,17)36-31-54/h18,20,28-29,37-40,42,44-45,47,54,58,61,64,66H,1,3,9-10,16-17,19,21-24,26,30-36,41,43H2,2,4-8,11-15H3. The summed E-state index contributed by atoms with van der Waals surface area (Å²) in [7, 11) is 5.41. The van der Waals surface area contributed by atoms with E-state index in [4.69, 9.17) is 11.6 Å². The zero-order valence-electron chi connectivity index (χ0n) is 45.7. The predicted molar refractivity (Wildman–Crippen MR) is 314 cm³/mol. The Kier molecular flexibility index (Phi) is 20.5. The van der Waals surface area contributed by atoms with E-state index in [0.717, 1.165) is 112 Å². The third-order valence-electron chi connectivity index (χ3n) is 15.0. The van der Waals surface area contributed by atoms with Gasteiger partial charge in [0, 0.05) is 53.6 Å². The van der Waals surface area contributed by atoms with Gasteiger partial charge in [-0.25, -0.2) is 9.21 Å². The van der Waals surface area contributed by atoms with Crippen LogP contribution in [-0.2, 0) is 19.4 Å². The molecule has 6 nitrogen and oxygen atoms in total. The van der Waals surface area contributed by atoms with E-state index in [1.165, 1.54) is 55.6 Å². The summed E-state index contributed by atoms with van der Waals surface area (Å²) < 4.78 is 2.56. The number of rotatable bonds is 26. The molecule has 2 N–H and O–H groups in total. The first-order chi connectivity index (χ1) is 33.3. The summed E-state index contributed by atoms with van der Waals surface area (Å²) in [4.78, 5) is 9.88. The highest BCUT2D eigenvalue weighted by molar-refractivity contribution is 8.27. The number of fused-ring (bicyclic) bond motifs is 1. The Hall–Kier alpha value is -4.74. The molecule has 4 aromatic rings. The third kappa shape index (κ3) is 14.7. The molecular formula is C63H92N6S. The molecule has 0 radical (unpaired) electrons. The van der Waals surface area contributed by atoms with Crippen LogP contribution in [0.3, 0.4) is 0 Å². The highest BCUT2D eigenvalue weighted by Gasteiger charge is 2.29. The van der Waals surface area contributed by atoms with E-state index in [9.17, 15) is 0 Å². The number of pyridine rings is 1. The second-order valence-corrected chi connectivity index (χ2v) is 25.2. The van der Waals surface area contributed by atoms with E-state index in [1.54, 1.807) is 0 Å². The van der Waals surface area contributed by atoms with E-state index < -0.39 is 9.21 Å². The minimum absolute atomic E-state index is 0.0345. The van der Waals surface area contributed by atoms with Gasteiger partial charge in [-0.15, -0.1) is 6.58 Å². The number of aromatic nitrogens is 2. The molecule has 0 bridgehead atoms. The van der Waals surface area contributed by atoms with Gasteiger partial charge in [0.1, 0.15) is 0 Å². The van der Waals surface area contributed by atoms with E-state index in [2.05, 4.69) is 186 Å². The molecule has 2 aromatic heterocycles. The van der Waals surface area contributed by atoms with Crippen LogP contribution in [0.25, 0.3) is 33.3 Å². The van der Waals surface area contributed by atoms with Crippen molar-refractivity contribution in [3.8, 4) is 34.2 Å². The van der Waals surface area contributed by atoms with E-state index in [0.29, 0.717) is 12.0 Å². The normalized spacial score (nSPS) is 15.3. The lowest BCUT2D eigenvalue weighted by Crippen LogP contribution is -2.43. The van der Waals surface area contributed by atoms with Crippen LogP contribution in [0.5, 0.6) is 0 Å². The lowest BCUT2D eigenvalue weighted by molar-refractivity contribution is 0.255. The van der Waals surface area contributed by atoms with Gasteiger partial charge in [-0.2, -0.15) is 0 Å². The summed E-state index contributed by atoms with van der Waals surface area (Å²) in [6.45, 7) is 38.5. The van der Waals surface area contributed by atoms with Gasteiger partial charge in [0.2, 0.25) is 0 Å². The number of unbranched alkanes of at least 4 members (excludes halogenated alkanes) is 1. The second kappa shape index (κ2) is 25.6. The molecule has 3 heterocycles. The van der Waals surface area contributed by atoms with Crippen molar-refractivity contribution in [1.82, 2.24) is 30.0 Å². The van der Waals surface area contributed by atoms with E-state index in [1.807, 2.05) is 19.4 Å². The summed E-state index contributed by atoms with van der Waals surface area (Å²) in [5.41, 5.74) is 14.5. The molecule has 0 saturated carbocycles. The van der Waals surface area contributed by atoms with Crippen LogP contribution in [0.1, 0.15) is 134 Å². The maximum Gasteiger partial charge on any atom is 0.0696 e. The first-order valence-electron chi connectivity index (χ1n) is 26.4. The zero-order chi connectivity index (χ0) is 51.3. The highest BCUT2D eigenvalue weighted by Crippen LogP contribution is 2.43. The minimum atomic E-state index is -0.924. The van der Waals surface area contributed by atoms with Crippen molar-refractivity contribution in [1.29, 1.82) is 0 Å². The molecule has 70 heavy (non-hydrogen) atoms. The quantitative estimate of drug-likeness (QED) is 0.0284. The van der Waals surface area contributed by atoms with Crippen molar-refractivity contribution in [2.24, 2.45) is 11.3 Å². The fourth-order valence-electron chi connectivity index (χ4n) is 10.7. The molecule has 5 rings (SSSR count). The molecule has 7 heteroatoms. The average Bonchev–Trinajstić information content (AvgIpc) is 3.62. The van der Waals surface area contributed by atoms with Crippen LogP contribution in [-0.4, -0.2) is 95.0 Å². The maximum absolute atomic E-state index is 5.28. The number of allylic oxidation sites excluding steroid dienone is 1. The van der Waals surface area contributed by atoms with E-state index >= 15 is 0 Å². The van der Waals surface area contributed by atoms with Gasteiger partial charge in [0.05, 0.1) is 30.0 Å². The lowest BCUT2D eigenvalue weighted by atomic mass is 9.79. The van der Waals surface area contributed by atoms with Gasteiger partial charge in [0.15, 0.2) is 0 Å². The van der Waals surface area contributed by atoms with Gasteiger partial charge in [-0.05, 0) is 174 Å². The second-order valence-electron chi connectivity index (χ2n) is 21.9. The summed E-state index contributed by atoms with van der Waals surface area (Å²) >= 11 is 0. The topological polar surface area (TPSA) is 48.4 Å². The molecule has 3 atom stereocenters. The zero-order valence-corrected chi connectivity index (χ0v) is 46.5. The smallest absolute Gasteiger partial charge is 0.0696 e. The van der Waals surface area contributed by atoms with Crippen LogP contribution in [0, 0.1) is 30.1 Å². The number of hydrogen-bond acceptors (Lipinski definition) is 5. The maximum atomic E-state index is 5.28. The van der Waals surface area contributed by atoms with Gasteiger partial charge < -0.3 is 20.1 Å². The van der Waals surface area contributed by atoms with Crippen molar-refractivity contribution >= 4 is 31.8 Å². The fourth-order valence-corrected chi connectivity index (χ4v) is 12.5. The number of likely N-dealkylation sites (N-methyl/N-ethyl adjacent to an activating group) is 1. The van der Waals surface area contributed by atoms with Crippen molar-refractivity contribution < 1.29 is 0 Å². The van der Waals surface area contributed by atoms with Crippen molar-refractivity contribution in [3.05, 3.63) is 126 Å². The fraction of sp³-hybridized carbons (Fsp3) is 0.508. The SMILES string of the molecule is C=CCCC(C)(C)Cc1c(-c2cc(C#CCN(C)C3CCS(=C)(=C)CC3)cnc2C(C)CC)n(CC)c2ccc(-c3cc(C)cc(CC(NC(=C)C(C(C)C)N(C)C=C)C(=C)CCCCNC)c3)cc12. The van der Waals surface area contributed by atoms with Crippen molar-refractivity contribution in [3.63, 3.8) is 0 Å². The van der Waals surface area contributed by atoms with E-state index in [-0.39, 0.29) is 23.4 Å². The first-order valence-corrected chi connectivity index (χ1v) is 28.7. The lowest BCUT2D eigenvalue weighted by Gasteiger charge is -2.35. The van der Waals surface area contributed by atoms with Crippen LogP contribution >= 0.6 is 9.21 Å².